The van der Waals surface area contributed by atoms with E-state index in [2.05, 4.69) is 20.6 Å². The molecule has 8 nitrogen and oxygen atoms in total. The third-order valence-electron chi connectivity index (χ3n) is 5.79. The van der Waals surface area contributed by atoms with Gasteiger partial charge in [0.05, 0.1) is 11.1 Å². The number of rotatable bonds is 5. The second kappa shape index (κ2) is 12.8. The molecule has 1 aromatic carbocycles. The Hall–Kier alpha value is -3.79. The van der Waals surface area contributed by atoms with Gasteiger partial charge in [0.25, 0.3) is 5.91 Å². The van der Waals surface area contributed by atoms with Crippen LogP contribution in [0.3, 0.4) is 0 Å². The van der Waals surface area contributed by atoms with Gasteiger partial charge in [-0.1, -0.05) is 0 Å². The molecule has 41 heavy (non-hydrogen) atoms. The number of amides is 1. The molecular formula is C24H26F9N5O3. The lowest BCUT2D eigenvalue weighted by atomic mass is 9.91. The summed E-state index contributed by atoms with van der Waals surface area (Å²) < 4.78 is 110. The Morgan fingerprint density at radius 2 is 1.29 bits per heavy atom. The van der Waals surface area contributed by atoms with Crippen molar-refractivity contribution >= 4 is 23.5 Å². The number of aromatic nitrogens is 2. The van der Waals surface area contributed by atoms with Crippen molar-refractivity contribution in [1.82, 2.24) is 15.3 Å². The molecule has 0 atom stereocenters. The quantitative estimate of drug-likeness (QED) is 0.378. The summed E-state index contributed by atoms with van der Waals surface area (Å²) in [6.07, 6.45) is -12.8. The van der Waals surface area contributed by atoms with E-state index in [1.807, 2.05) is 25.1 Å². The van der Waals surface area contributed by atoms with Crippen LogP contribution in [0.2, 0.25) is 0 Å². The van der Waals surface area contributed by atoms with Crippen molar-refractivity contribution in [1.29, 1.82) is 0 Å². The summed E-state index contributed by atoms with van der Waals surface area (Å²) in [4.78, 5) is 31.9. The van der Waals surface area contributed by atoms with E-state index < -0.39 is 47.1 Å². The molecular weight excluding hydrogens is 577 g/mol. The van der Waals surface area contributed by atoms with Crippen molar-refractivity contribution in [2.45, 2.75) is 63.2 Å². The van der Waals surface area contributed by atoms with E-state index in [0.717, 1.165) is 5.82 Å². The molecule has 1 fully saturated rings. The molecule has 1 heterocycles. The average molecular weight is 603 g/mol. The van der Waals surface area contributed by atoms with Crippen LogP contribution < -0.4 is 15.5 Å². The molecule has 17 heteroatoms. The molecule has 0 unspecified atom stereocenters. The van der Waals surface area contributed by atoms with Crippen molar-refractivity contribution < 1.29 is 54.2 Å². The van der Waals surface area contributed by atoms with E-state index in [0.29, 0.717) is 49.5 Å². The molecule has 1 saturated carbocycles. The average Bonchev–Trinajstić information content (AvgIpc) is 2.83. The van der Waals surface area contributed by atoms with Crippen molar-refractivity contribution in [2.24, 2.45) is 0 Å². The lowest BCUT2D eigenvalue weighted by Gasteiger charge is -2.30. The number of nitrogens with zero attached hydrogens (tertiary/aromatic N) is 3. The van der Waals surface area contributed by atoms with Crippen LogP contribution in [0.25, 0.3) is 0 Å². The van der Waals surface area contributed by atoms with E-state index in [1.54, 1.807) is 6.92 Å². The summed E-state index contributed by atoms with van der Waals surface area (Å²) in [5, 5.41) is 13.0. The predicted molar refractivity (Wildman–Crippen MR) is 128 cm³/mol. The first kappa shape index (κ1) is 33.4. The van der Waals surface area contributed by atoms with Crippen LogP contribution in [0.5, 0.6) is 0 Å². The van der Waals surface area contributed by atoms with Crippen LogP contribution in [-0.2, 0) is 17.1 Å². The van der Waals surface area contributed by atoms with Crippen LogP contribution in [0.4, 0.5) is 51.1 Å². The number of carboxylic acid groups (broad SMARTS) is 1. The molecule has 228 valence electrons. The van der Waals surface area contributed by atoms with E-state index in [-0.39, 0.29) is 18.2 Å². The van der Waals surface area contributed by atoms with E-state index in [1.165, 1.54) is 0 Å². The minimum Gasteiger partial charge on any atom is -0.475 e. The van der Waals surface area contributed by atoms with Crippen LogP contribution in [0.1, 0.15) is 53.0 Å². The molecule has 0 aliphatic heterocycles. The summed E-state index contributed by atoms with van der Waals surface area (Å²) in [5.41, 5.74) is -3.70. The van der Waals surface area contributed by atoms with Gasteiger partial charge in [-0.05, 0) is 50.8 Å². The summed E-state index contributed by atoms with van der Waals surface area (Å²) in [6, 6.07) is 2.40. The predicted octanol–water partition coefficient (Wildman–Crippen LogP) is 5.68. The first-order chi connectivity index (χ1) is 18.7. The van der Waals surface area contributed by atoms with Gasteiger partial charge in [-0.25, -0.2) is 14.8 Å². The zero-order valence-corrected chi connectivity index (χ0v) is 21.8. The fourth-order valence-corrected chi connectivity index (χ4v) is 3.80. The minimum atomic E-state index is -5.08. The molecule has 1 aliphatic rings. The fourth-order valence-electron chi connectivity index (χ4n) is 3.80. The molecule has 3 N–H and O–H groups in total. The fraction of sp³-hybridized carbons (Fsp3) is 0.500. The second-order valence-electron chi connectivity index (χ2n) is 9.32. The SMILES string of the molecule is Cc1nc(NC2CCC(NC(=O)c3cc(C(F)(F)F)cc(C(F)(F)F)c3)CC2)cc(N(C)C)n1.O=C(O)C(F)(F)F. The Balaban J connectivity index is 0.000000745. The molecule has 1 amide bonds. The number of alkyl halides is 9. The maximum Gasteiger partial charge on any atom is 0.490 e. The number of hydrogen-bond donors (Lipinski definition) is 3. The van der Waals surface area contributed by atoms with Crippen molar-refractivity contribution in [2.75, 3.05) is 24.3 Å². The lowest BCUT2D eigenvalue weighted by Crippen LogP contribution is -2.40. The number of halogens is 9. The number of aryl methyl sites for hydroxylation is 1. The lowest BCUT2D eigenvalue weighted by molar-refractivity contribution is -0.192. The van der Waals surface area contributed by atoms with Gasteiger partial charge in [-0.3, -0.25) is 4.79 Å². The van der Waals surface area contributed by atoms with Crippen molar-refractivity contribution in [3.05, 3.63) is 46.8 Å². The Kier molecular flexibility index (Phi) is 10.4. The normalized spacial score (nSPS) is 17.7. The highest BCUT2D eigenvalue weighted by molar-refractivity contribution is 5.94. The van der Waals surface area contributed by atoms with Gasteiger partial charge >= 0.3 is 24.5 Å². The monoisotopic (exact) mass is 603 g/mol. The number of carbonyl (C=O) groups is 2. The zero-order chi connectivity index (χ0) is 31.3. The van der Waals surface area contributed by atoms with Gasteiger partial charge in [0.2, 0.25) is 0 Å². The molecule has 0 radical (unpaired) electrons. The highest BCUT2D eigenvalue weighted by Gasteiger charge is 2.39. The molecule has 0 saturated heterocycles. The first-order valence-electron chi connectivity index (χ1n) is 11.9. The maximum atomic E-state index is 13.1. The molecule has 2 aromatic rings. The molecule has 1 aliphatic carbocycles. The van der Waals surface area contributed by atoms with Crippen LogP contribution in [0, 0.1) is 6.92 Å². The van der Waals surface area contributed by atoms with E-state index in [4.69, 9.17) is 9.90 Å². The summed E-state index contributed by atoms with van der Waals surface area (Å²) in [7, 11) is 3.73. The molecule has 1 aromatic heterocycles. The topological polar surface area (TPSA) is 107 Å². The molecule has 0 bridgehead atoms. The molecule has 3 rings (SSSR count). The number of anilines is 2. The van der Waals surface area contributed by atoms with Crippen molar-refractivity contribution in [3.8, 4) is 0 Å². The van der Waals surface area contributed by atoms with Crippen LogP contribution >= 0.6 is 0 Å². The van der Waals surface area contributed by atoms with Gasteiger partial charge in [0, 0.05) is 37.8 Å². The summed E-state index contributed by atoms with van der Waals surface area (Å²) in [5.74, 6) is -1.71. The van der Waals surface area contributed by atoms with E-state index >= 15 is 0 Å². The highest BCUT2D eigenvalue weighted by atomic mass is 19.4. The third-order valence-corrected chi connectivity index (χ3v) is 5.79. The first-order valence-corrected chi connectivity index (χ1v) is 11.9. The summed E-state index contributed by atoms with van der Waals surface area (Å²) in [6.45, 7) is 1.78. The van der Waals surface area contributed by atoms with Crippen LogP contribution in [-0.4, -0.2) is 59.3 Å². The second-order valence-corrected chi connectivity index (χ2v) is 9.32. The maximum absolute atomic E-state index is 13.1. The Bertz CT molecular complexity index is 1190. The zero-order valence-electron chi connectivity index (χ0n) is 21.8. The number of benzene rings is 1. The van der Waals surface area contributed by atoms with Gasteiger partial charge in [0.1, 0.15) is 17.5 Å². The third kappa shape index (κ3) is 10.3. The van der Waals surface area contributed by atoms with E-state index in [9.17, 15) is 44.3 Å². The number of nitrogens with one attached hydrogen (secondary N) is 2. The smallest absolute Gasteiger partial charge is 0.475 e. The van der Waals surface area contributed by atoms with Crippen molar-refractivity contribution in [3.63, 3.8) is 0 Å². The highest BCUT2D eigenvalue weighted by Crippen LogP contribution is 2.36. The van der Waals surface area contributed by atoms with Crippen LogP contribution in [0.15, 0.2) is 24.3 Å². The van der Waals surface area contributed by atoms with Gasteiger partial charge in [-0.15, -0.1) is 0 Å². The Morgan fingerprint density at radius 1 is 0.829 bits per heavy atom. The van der Waals surface area contributed by atoms with Gasteiger partial charge in [-0.2, -0.15) is 39.5 Å². The number of hydrogen-bond acceptors (Lipinski definition) is 6. The number of carboxylic acids is 1. The number of aliphatic carboxylic acids is 1. The largest absolute Gasteiger partial charge is 0.490 e. The summed E-state index contributed by atoms with van der Waals surface area (Å²) >= 11 is 0. The minimum absolute atomic E-state index is 0.00419. The Labute approximate surface area is 228 Å². The van der Waals surface area contributed by atoms with Gasteiger partial charge < -0.3 is 20.6 Å². The Morgan fingerprint density at radius 3 is 1.71 bits per heavy atom. The standard InChI is InChI=1S/C22H25F6N5O.C2HF3O2/c1-12-29-18(11-19(30-12)33(2)3)31-16-4-6-17(7-5-16)32-20(34)13-8-14(21(23,24)25)10-15(9-13)22(26,27)28;3-2(4,5)1(6)7/h8-11,16-17H,4-7H2,1-3H3,(H,32,34)(H,29,30,31);(H,6,7). The van der Waals surface area contributed by atoms with Gasteiger partial charge in [0.15, 0.2) is 0 Å². The number of carbonyl (C=O) groups excluding carboxylic acids is 1. The molecule has 0 spiro atoms.